The Labute approximate surface area is 75.3 Å². The molecule has 0 fully saturated rings. The molecule has 0 aliphatic heterocycles. The Morgan fingerprint density at radius 1 is 1.54 bits per heavy atom. The smallest absolute Gasteiger partial charge is 0.236 e. The summed E-state index contributed by atoms with van der Waals surface area (Å²) in [5.41, 5.74) is 2.53. The number of rotatable bonds is 2. The Balaban J connectivity index is 2.68. The molecule has 0 bridgehead atoms. The molecule has 1 N–H and O–H groups in total. The predicted molar refractivity (Wildman–Crippen MR) is 47.8 cm³/mol. The van der Waals surface area contributed by atoms with Crippen LogP contribution in [0.2, 0.25) is 0 Å². The lowest BCUT2D eigenvalue weighted by Gasteiger charge is -1.94. The van der Waals surface area contributed by atoms with Crippen molar-refractivity contribution in [2.24, 2.45) is 5.10 Å². The number of nitrogens with zero attached hydrogens (tertiary/aromatic N) is 1. The molecule has 68 valence electrons. The fraction of sp³-hybridized carbons (Fsp3) is 0.111. The molecular weight excluding hydrogens is 171 g/mol. The Kier molecular flexibility index (Phi) is 3.14. The number of amides is 1. The van der Waals surface area contributed by atoms with Gasteiger partial charge in [0.1, 0.15) is 5.82 Å². The summed E-state index contributed by atoms with van der Waals surface area (Å²) in [6.07, 6.45) is 1.26. The zero-order chi connectivity index (χ0) is 9.68. The van der Waals surface area contributed by atoms with Crippen molar-refractivity contribution in [3.63, 3.8) is 0 Å². The average molecular weight is 180 g/mol. The monoisotopic (exact) mass is 180 g/mol. The van der Waals surface area contributed by atoms with Gasteiger partial charge in [0.15, 0.2) is 0 Å². The van der Waals surface area contributed by atoms with Gasteiger partial charge in [0, 0.05) is 12.5 Å². The zero-order valence-corrected chi connectivity index (χ0v) is 7.12. The lowest BCUT2D eigenvalue weighted by Crippen LogP contribution is -2.12. The lowest BCUT2D eigenvalue weighted by molar-refractivity contribution is -0.118. The van der Waals surface area contributed by atoms with E-state index < -0.39 is 0 Å². The van der Waals surface area contributed by atoms with Crippen molar-refractivity contribution in [2.45, 2.75) is 6.92 Å². The summed E-state index contributed by atoms with van der Waals surface area (Å²) in [6.45, 7) is 1.33. The molecule has 4 heteroatoms. The Bertz CT molecular complexity index is 336. The molecule has 0 atom stereocenters. The van der Waals surface area contributed by atoms with Gasteiger partial charge >= 0.3 is 0 Å². The molecule has 1 rings (SSSR count). The van der Waals surface area contributed by atoms with Crippen molar-refractivity contribution in [1.82, 2.24) is 5.43 Å². The first-order chi connectivity index (χ1) is 6.20. The van der Waals surface area contributed by atoms with Gasteiger partial charge in [0.2, 0.25) is 5.91 Å². The number of hydrogen-bond donors (Lipinski definition) is 1. The minimum Gasteiger partial charge on any atom is -0.274 e. The first-order valence-electron chi connectivity index (χ1n) is 3.74. The van der Waals surface area contributed by atoms with Gasteiger partial charge < -0.3 is 0 Å². The molecule has 1 amide bonds. The molecule has 0 aliphatic rings. The first-order valence-corrected chi connectivity index (χ1v) is 3.74. The standard InChI is InChI=1S/C9H9FN2O/c1-7(13)12-11-6-8-4-2-3-5-9(8)10/h2-6H,1H3,(H,12,13). The number of benzene rings is 1. The van der Waals surface area contributed by atoms with E-state index in [9.17, 15) is 9.18 Å². The van der Waals surface area contributed by atoms with E-state index in [0.717, 1.165) is 0 Å². The minimum atomic E-state index is -0.364. The summed E-state index contributed by atoms with van der Waals surface area (Å²) in [5, 5.41) is 3.54. The highest BCUT2D eigenvalue weighted by Gasteiger charge is 1.95. The number of carbonyl (C=O) groups excluding carboxylic acids is 1. The Morgan fingerprint density at radius 3 is 2.85 bits per heavy atom. The van der Waals surface area contributed by atoms with Crippen molar-refractivity contribution in [1.29, 1.82) is 0 Å². The molecule has 0 saturated heterocycles. The molecule has 0 aliphatic carbocycles. The van der Waals surface area contributed by atoms with Gasteiger partial charge in [-0.05, 0) is 6.07 Å². The normalized spacial score (nSPS) is 10.3. The third-order valence-corrected chi connectivity index (χ3v) is 1.33. The zero-order valence-electron chi connectivity index (χ0n) is 7.12. The SMILES string of the molecule is CC(=O)NN=Cc1ccccc1F. The molecular formula is C9H9FN2O. The summed E-state index contributed by atoms with van der Waals surface area (Å²) in [7, 11) is 0. The van der Waals surface area contributed by atoms with Crippen LogP contribution in [-0.4, -0.2) is 12.1 Å². The highest BCUT2D eigenvalue weighted by molar-refractivity contribution is 5.81. The van der Waals surface area contributed by atoms with E-state index >= 15 is 0 Å². The van der Waals surface area contributed by atoms with Crippen LogP contribution in [0.4, 0.5) is 4.39 Å². The van der Waals surface area contributed by atoms with Crippen LogP contribution in [-0.2, 0) is 4.79 Å². The van der Waals surface area contributed by atoms with Gasteiger partial charge in [-0.3, -0.25) is 4.79 Å². The van der Waals surface area contributed by atoms with E-state index in [0.29, 0.717) is 5.56 Å². The third-order valence-electron chi connectivity index (χ3n) is 1.33. The second-order valence-corrected chi connectivity index (χ2v) is 2.45. The fourth-order valence-electron chi connectivity index (χ4n) is 0.773. The van der Waals surface area contributed by atoms with Crippen LogP contribution in [0.5, 0.6) is 0 Å². The fourth-order valence-corrected chi connectivity index (χ4v) is 0.773. The van der Waals surface area contributed by atoms with Gasteiger partial charge in [0.05, 0.1) is 6.21 Å². The Hall–Kier alpha value is -1.71. The maximum Gasteiger partial charge on any atom is 0.236 e. The topological polar surface area (TPSA) is 41.5 Å². The van der Waals surface area contributed by atoms with Gasteiger partial charge in [0.25, 0.3) is 0 Å². The van der Waals surface area contributed by atoms with Crippen LogP contribution >= 0.6 is 0 Å². The molecule has 0 unspecified atom stereocenters. The summed E-state index contributed by atoms with van der Waals surface area (Å²) in [4.78, 5) is 10.4. The molecule has 1 aromatic carbocycles. The first kappa shape index (κ1) is 9.38. The Morgan fingerprint density at radius 2 is 2.23 bits per heavy atom. The second-order valence-electron chi connectivity index (χ2n) is 2.45. The van der Waals surface area contributed by atoms with E-state index in [-0.39, 0.29) is 11.7 Å². The number of hydrogen-bond acceptors (Lipinski definition) is 2. The van der Waals surface area contributed by atoms with Crippen LogP contribution in [0.15, 0.2) is 29.4 Å². The van der Waals surface area contributed by atoms with Crippen molar-refractivity contribution in [2.75, 3.05) is 0 Å². The van der Waals surface area contributed by atoms with E-state index in [1.165, 1.54) is 19.2 Å². The second kappa shape index (κ2) is 4.35. The third kappa shape index (κ3) is 3.02. The predicted octanol–water partition coefficient (Wildman–Crippen LogP) is 1.30. The van der Waals surface area contributed by atoms with E-state index in [2.05, 4.69) is 10.5 Å². The summed E-state index contributed by atoms with van der Waals surface area (Å²) in [5.74, 6) is -0.649. The van der Waals surface area contributed by atoms with Crippen LogP contribution in [0.25, 0.3) is 0 Å². The summed E-state index contributed by atoms with van der Waals surface area (Å²) < 4.78 is 12.9. The average Bonchev–Trinajstić information content (AvgIpc) is 2.08. The van der Waals surface area contributed by atoms with Gasteiger partial charge in [-0.1, -0.05) is 18.2 Å². The van der Waals surface area contributed by atoms with Crippen molar-refractivity contribution >= 4 is 12.1 Å². The number of halogens is 1. The molecule has 0 radical (unpaired) electrons. The van der Waals surface area contributed by atoms with Gasteiger partial charge in [-0.2, -0.15) is 5.10 Å². The van der Waals surface area contributed by atoms with E-state index in [1.54, 1.807) is 18.2 Å². The van der Waals surface area contributed by atoms with Crippen LogP contribution < -0.4 is 5.43 Å². The van der Waals surface area contributed by atoms with Crippen LogP contribution in [0.3, 0.4) is 0 Å². The van der Waals surface area contributed by atoms with E-state index in [1.807, 2.05) is 0 Å². The largest absolute Gasteiger partial charge is 0.274 e. The molecule has 3 nitrogen and oxygen atoms in total. The van der Waals surface area contributed by atoms with Crippen LogP contribution in [0.1, 0.15) is 12.5 Å². The number of nitrogens with one attached hydrogen (secondary N) is 1. The number of hydrazone groups is 1. The molecule has 0 heterocycles. The van der Waals surface area contributed by atoms with Gasteiger partial charge in [-0.25, -0.2) is 9.82 Å². The molecule has 13 heavy (non-hydrogen) atoms. The molecule has 1 aromatic rings. The molecule has 0 aromatic heterocycles. The quantitative estimate of drug-likeness (QED) is 0.540. The van der Waals surface area contributed by atoms with Crippen LogP contribution in [0, 0.1) is 5.82 Å². The van der Waals surface area contributed by atoms with Gasteiger partial charge in [-0.15, -0.1) is 0 Å². The molecule has 0 spiro atoms. The van der Waals surface area contributed by atoms with Crippen molar-refractivity contribution in [3.05, 3.63) is 35.6 Å². The van der Waals surface area contributed by atoms with E-state index in [4.69, 9.17) is 0 Å². The summed E-state index contributed by atoms with van der Waals surface area (Å²) in [6, 6.07) is 6.18. The summed E-state index contributed by atoms with van der Waals surface area (Å²) >= 11 is 0. The maximum atomic E-state index is 12.9. The lowest BCUT2D eigenvalue weighted by atomic mass is 10.2. The highest BCUT2D eigenvalue weighted by atomic mass is 19.1. The number of carbonyl (C=O) groups is 1. The van der Waals surface area contributed by atoms with Crippen molar-refractivity contribution < 1.29 is 9.18 Å². The van der Waals surface area contributed by atoms with Crippen molar-refractivity contribution in [3.8, 4) is 0 Å². The molecule has 0 saturated carbocycles. The minimum absolute atomic E-state index is 0.285. The highest BCUT2D eigenvalue weighted by Crippen LogP contribution is 2.02. The maximum absolute atomic E-state index is 12.9.